The Kier molecular flexibility index (Phi) is 6.75. The van der Waals surface area contributed by atoms with Crippen molar-refractivity contribution in [2.45, 2.75) is 46.1 Å². The number of piperazine rings is 1. The van der Waals surface area contributed by atoms with Crippen molar-refractivity contribution in [2.75, 3.05) is 59.1 Å². The second kappa shape index (κ2) is 9.76. The summed E-state index contributed by atoms with van der Waals surface area (Å²) in [4.78, 5) is 36.3. The number of hydrogen-bond donors (Lipinski definition) is 0. The summed E-state index contributed by atoms with van der Waals surface area (Å²) in [5.74, 6) is 0.748. The van der Waals surface area contributed by atoms with Crippen LogP contribution in [0.2, 0.25) is 0 Å². The Morgan fingerprint density at radius 3 is 2.42 bits per heavy atom. The molecule has 3 saturated heterocycles. The van der Waals surface area contributed by atoms with Crippen LogP contribution in [0.4, 0.5) is 22.0 Å². The van der Waals surface area contributed by atoms with Crippen molar-refractivity contribution in [2.24, 2.45) is 0 Å². The SMILES string of the molecule is CCc1cnc(N2CCN(C(=O)c3ccc(N4CC(C)(C)OC4=O)cc3N3CCCS3(=O)=O)CC2)c(C)c1. The fourth-order valence-corrected chi connectivity index (χ4v) is 6.97. The lowest BCUT2D eigenvalue weighted by Gasteiger charge is -2.36. The summed E-state index contributed by atoms with van der Waals surface area (Å²) in [5.41, 5.74) is 2.80. The number of carbonyl (C=O) groups excluding carboxylic acids is 2. The highest BCUT2D eigenvalue weighted by Crippen LogP contribution is 2.35. The van der Waals surface area contributed by atoms with E-state index in [1.807, 2.05) is 20.0 Å². The van der Waals surface area contributed by atoms with Gasteiger partial charge in [-0.2, -0.15) is 0 Å². The molecule has 3 aliphatic rings. The number of benzene rings is 1. The minimum Gasteiger partial charge on any atom is -0.441 e. The van der Waals surface area contributed by atoms with E-state index in [9.17, 15) is 18.0 Å². The summed E-state index contributed by atoms with van der Waals surface area (Å²) >= 11 is 0. The number of carbonyl (C=O) groups is 2. The summed E-state index contributed by atoms with van der Waals surface area (Å²) in [7, 11) is -3.55. The van der Waals surface area contributed by atoms with Crippen molar-refractivity contribution in [1.82, 2.24) is 9.88 Å². The Bertz CT molecular complexity index is 1370. The maximum absolute atomic E-state index is 13.7. The third kappa shape index (κ3) is 4.91. The molecule has 4 heterocycles. The van der Waals surface area contributed by atoms with Gasteiger partial charge in [-0.1, -0.05) is 13.0 Å². The van der Waals surface area contributed by atoms with Crippen LogP contribution >= 0.6 is 0 Å². The molecule has 0 unspecified atom stereocenters. The van der Waals surface area contributed by atoms with Crippen LogP contribution in [-0.4, -0.2) is 80.9 Å². The number of rotatable bonds is 5. The second-order valence-corrected chi connectivity index (χ2v) is 12.8. The quantitative estimate of drug-likeness (QED) is 0.573. The number of hydrogen-bond acceptors (Lipinski definition) is 7. The van der Waals surface area contributed by atoms with E-state index in [0.717, 1.165) is 17.8 Å². The van der Waals surface area contributed by atoms with Crippen molar-refractivity contribution in [3.8, 4) is 0 Å². The van der Waals surface area contributed by atoms with Crippen LogP contribution in [0.25, 0.3) is 0 Å². The summed E-state index contributed by atoms with van der Waals surface area (Å²) in [5, 5.41) is 0. The van der Waals surface area contributed by atoms with Crippen LogP contribution in [0.3, 0.4) is 0 Å². The number of anilines is 3. The predicted octanol–water partition coefficient (Wildman–Crippen LogP) is 3.19. The molecule has 38 heavy (non-hydrogen) atoms. The molecule has 2 aromatic rings. The van der Waals surface area contributed by atoms with Crippen LogP contribution in [-0.2, 0) is 21.2 Å². The molecule has 1 aromatic carbocycles. The summed E-state index contributed by atoms with van der Waals surface area (Å²) < 4.78 is 32.5. The van der Waals surface area contributed by atoms with E-state index in [1.165, 1.54) is 14.8 Å². The molecule has 0 saturated carbocycles. The van der Waals surface area contributed by atoms with Gasteiger partial charge in [0, 0.05) is 44.6 Å². The molecule has 3 aliphatic heterocycles. The first-order valence-corrected chi connectivity index (χ1v) is 14.7. The van der Waals surface area contributed by atoms with Gasteiger partial charge in [0.05, 0.1) is 23.5 Å². The van der Waals surface area contributed by atoms with E-state index < -0.39 is 21.7 Å². The van der Waals surface area contributed by atoms with Crippen molar-refractivity contribution in [3.63, 3.8) is 0 Å². The molecular formula is C27H35N5O5S. The largest absolute Gasteiger partial charge is 0.441 e. The minimum absolute atomic E-state index is 0.0332. The average molecular weight is 542 g/mol. The monoisotopic (exact) mass is 541 g/mol. The van der Waals surface area contributed by atoms with Gasteiger partial charge in [0.1, 0.15) is 11.4 Å². The molecule has 0 bridgehead atoms. The number of nitrogens with zero attached hydrogens (tertiary/aromatic N) is 5. The van der Waals surface area contributed by atoms with Gasteiger partial charge in [0.25, 0.3) is 5.91 Å². The zero-order valence-electron chi connectivity index (χ0n) is 22.4. The molecule has 0 N–H and O–H groups in total. The molecule has 0 radical (unpaired) electrons. The molecule has 10 nitrogen and oxygen atoms in total. The Balaban J connectivity index is 1.40. The van der Waals surface area contributed by atoms with Crippen molar-refractivity contribution < 1.29 is 22.7 Å². The van der Waals surface area contributed by atoms with Gasteiger partial charge in [0.2, 0.25) is 10.0 Å². The van der Waals surface area contributed by atoms with Gasteiger partial charge in [-0.3, -0.25) is 14.0 Å². The van der Waals surface area contributed by atoms with Gasteiger partial charge in [-0.05, 0) is 62.9 Å². The van der Waals surface area contributed by atoms with Crippen LogP contribution in [0.1, 0.15) is 48.7 Å². The third-order valence-electron chi connectivity index (χ3n) is 7.40. The Morgan fingerprint density at radius 2 is 1.84 bits per heavy atom. The maximum Gasteiger partial charge on any atom is 0.415 e. The van der Waals surface area contributed by atoms with Crippen molar-refractivity contribution in [1.29, 1.82) is 0 Å². The number of ether oxygens (including phenoxy) is 1. The molecule has 2 amide bonds. The predicted molar refractivity (Wildman–Crippen MR) is 147 cm³/mol. The summed E-state index contributed by atoms with van der Waals surface area (Å²) in [6.45, 7) is 10.7. The normalized spacial score (nSPS) is 20.7. The van der Waals surface area contributed by atoms with E-state index in [0.29, 0.717) is 62.6 Å². The number of amides is 2. The van der Waals surface area contributed by atoms with Crippen molar-refractivity contribution in [3.05, 3.63) is 47.2 Å². The van der Waals surface area contributed by atoms with E-state index in [2.05, 4.69) is 29.8 Å². The smallest absolute Gasteiger partial charge is 0.415 e. The molecule has 3 fully saturated rings. The number of aromatic nitrogens is 1. The lowest BCUT2D eigenvalue weighted by atomic mass is 10.1. The first-order chi connectivity index (χ1) is 18.0. The number of aryl methyl sites for hydroxylation is 2. The van der Waals surface area contributed by atoms with Gasteiger partial charge in [-0.15, -0.1) is 0 Å². The fourth-order valence-electron chi connectivity index (χ4n) is 5.39. The van der Waals surface area contributed by atoms with Crippen LogP contribution in [0.15, 0.2) is 30.5 Å². The van der Waals surface area contributed by atoms with Gasteiger partial charge >= 0.3 is 6.09 Å². The first kappa shape index (κ1) is 26.3. The van der Waals surface area contributed by atoms with E-state index in [4.69, 9.17) is 4.74 Å². The summed E-state index contributed by atoms with van der Waals surface area (Å²) in [6, 6.07) is 7.13. The fraction of sp³-hybridized carbons (Fsp3) is 0.519. The van der Waals surface area contributed by atoms with Gasteiger partial charge in [0.15, 0.2) is 0 Å². The average Bonchev–Trinajstić information content (AvgIpc) is 3.39. The highest BCUT2D eigenvalue weighted by atomic mass is 32.2. The third-order valence-corrected chi connectivity index (χ3v) is 9.25. The highest BCUT2D eigenvalue weighted by Gasteiger charge is 2.40. The number of pyridine rings is 1. The molecule has 5 rings (SSSR count). The number of sulfonamides is 1. The minimum atomic E-state index is -3.55. The lowest BCUT2D eigenvalue weighted by molar-refractivity contribution is 0.0746. The molecule has 0 atom stereocenters. The standard InChI is InChI=1S/C27H35N5O5S/c1-5-20-15-19(2)24(28-17-20)29-10-12-30(13-11-29)25(33)22-8-7-21(31-18-27(3,4)37-26(31)34)16-23(22)32-9-6-14-38(32,35)36/h7-8,15-17H,5-6,9-14,18H2,1-4H3. The number of cyclic esters (lactones) is 1. The molecular weight excluding hydrogens is 506 g/mol. The van der Waals surface area contributed by atoms with Crippen LogP contribution in [0.5, 0.6) is 0 Å². The van der Waals surface area contributed by atoms with Crippen molar-refractivity contribution >= 4 is 39.2 Å². The molecule has 0 spiro atoms. The lowest BCUT2D eigenvalue weighted by Crippen LogP contribution is -2.49. The van der Waals surface area contributed by atoms with Crippen LogP contribution in [0, 0.1) is 6.92 Å². The highest BCUT2D eigenvalue weighted by molar-refractivity contribution is 7.93. The molecule has 204 valence electrons. The second-order valence-electron chi connectivity index (χ2n) is 10.8. The molecule has 0 aliphatic carbocycles. The Labute approximate surface area is 224 Å². The van der Waals surface area contributed by atoms with E-state index in [1.54, 1.807) is 23.1 Å². The topological polar surface area (TPSA) is 103 Å². The summed E-state index contributed by atoms with van der Waals surface area (Å²) in [6.07, 6.45) is 2.83. The molecule has 1 aromatic heterocycles. The van der Waals surface area contributed by atoms with E-state index >= 15 is 0 Å². The first-order valence-electron chi connectivity index (χ1n) is 13.1. The van der Waals surface area contributed by atoms with Gasteiger partial charge < -0.3 is 14.5 Å². The zero-order chi connectivity index (χ0) is 27.2. The zero-order valence-corrected chi connectivity index (χ0v) is 23.3. The maximum atomic E-state index is 13.7. The Morgan fingerprint density at radius 1 is 1.11 bits per heavy atom. The Hall–Kier alpha value is -3.34. The van der Waals surface area contributed by atoms with Gasteiger partial charge in [-0.25, -0.2) is 18.2 Å². The van der Waals surface area contributed by atoms with E-state index in [-0.39, 0.29) is 11.7 Å². The molecule has 11 heteroatoms. The van der Waals surface area contributed by atoms with Crippen LogP contribution < -0.4 is 14.1 Å².